The van der Waals surface area contributed by atoms with E-state index < -0.39 is 17.3 Å². The summed E-state index contributed by atoms with van der Waals surface area (Å²) in [5, 5.41) is 2.64. The lowest BCUT2D eigenvalue weighted by molar-refractivity contribution is 0.0916. The molecule has 0 aromatic carbocycles. The number of carbonyl (C=O) groups excluding carboxylic acids is 1. The average Bonchev–Trinajstić information content (AvgIpc) is 2.29. The van der Waals surface area contributed by atoms with Gasteiger partial charge in [0.1, 0.15) is 11.5 Å². The molecule has 0 aliphatic rings. The maximum atomic E-state index is 12.6. The molecule has 0 saturated heterocycles. The molecule has 1 N–H and O–H groups in total. The van der Waals surface area contributed by atoms with E-state index >= 15 is 0 Å². The van der Waals surface area contributed by atoms with Crippen LogP contribution in [-0.4, -0.2) is 28.2 Å². The molecule has 16 heavy (non-hydrogen) atoms. The number of carbonyl (C=O) groups is 1. The first-order valence-electron chi connectivity index (χ1n) is 4.57. The highest BCUT2D eigenvalue weighted by Gasteiger charge is 2.25. The van der Waals surface area contributed by atoms with Crippen molar-refractivity contribution in [3.8, 4) is 0 Å². The van der Waals surface area contributed by atoms with Gasteiger partial charge < -0.3 is 5.32 Å². The fraction of sp³-hybridized carbons (Fsp3) is 0.400. The van der Waals surface area contributed by atoms with Crippen LogP contribution in [0.1, 0.15) is 17.4 Å². The number of nitrogens with zero attached hydrogens (tertiary/aromatic N) is 1. The topological polar surface area (TPSA) is 42.0 Å². The van der Waals surface area contributed by atoms with Crippen molar-refractivity contribution in [1.29, 1.82) is 0 Å². The molecule has 88 valence electrons. The molecule has 0 aliphatic heterocycles. The maximum absolute atomic E-state index is 12.6. The molecule has 1 amide bonds. The highest BCUT2D eigenvalue weighted by molar-refractivity contribution is 6.22. The summed E-state index contributed by atoms with van der Waals surface area (Å²) < 4.78 is 12.6. The molecule has 0 fully saturated rings. The Bertz CT molecular complexity index is 366. The number of amides is 1. The van der Waals surface area contributed by atoms with Crippen molar-refractivity contribution < 1.29 is 9.18 Å². The predicted molar refractivity (Wildman–Crippen MR) is 61.5 cm³/mol. The Hall–Kier alpha value is -0.870. The van der Waals surface area contributed by atoms with Gasteiger partial charge in [-0.25, -0.2) is 9.37 Å². The zero-order valence-electron chi connectivity index (χ0n) is 8.64. The van der Waals surface area contributed by atoms with Crippen LogP contribution >= 0.6 is 23.2 Å². The normalized spacial score (nSPS) is 11.2. The molecule has 0 radical (unpaired) electrons. The highest BCUT2D eigenvalue weighted by Crippen LogP contribution is 2.10. The molecule has 0 atom stereocenters. The van der Waals surface area contributed by atoms with E-state index in [1.807, 2.05) is 0 Å². The van der Waals surface area contributed by atoms with Crippen molar-refractivity contribution >= 4 is 29.1 Å². The summed E-state index contributed by atoms with van der Waals surface area (Å²) in [5.74, 6) is -0.551. The third kappa shape index (κ3) is 3.32. The van der Waals surface area contributed by atoms with Crippen molar-refractivity contribution in [2.45, 2.75) is 12.5 Å². The van der Waals surface area contributed by atoms with Gasteiger partial charge in [-0.1, -0.05) is 0 Å². The summed E-state index contributed by atoms with van der Waals surface area (Å²) in [6, 6.07) is 2.47. The summed E-state index contributed by atoms with van der Waals surface area (Å²) in [5.41, 5.74) is -0.571. The molecule has 3 nitrogen and oxygen atoms in total. The third-order valence-corrected chi connectivity index (χ3v) is 3.14. The first-order chi connectivity index (χ1) is 7.50. The van der Waals surface area contributed by atoms with Crippen LogP contribution in [0.25, 0.3) is 0 Å². The fourth-order valence-electron chi connectivity index (χ4n) is 0.951. The highest BCUT2D eigenvalue weighted by atomic mass is 35.5. The van der Waals surface area contributed by atoms with Crippen molar-refractivity contribution in [3.63, 3.8) is 0 Å². The van der Waals surface area contributed by atoms with Crippen LogP contribution in [0.4, 0.5) is 4.39 Å². The maximum Gasteiger partial charge on any atom is 0.270 e. The second-order valence-electron chi connectivity index (χ2n) is 3.64. The molecule has 1 aromatic rings. The molecule has 6 heteroatoms. The molecular formula is C10H11Cl2FN2O. The second-order valence-corrected chi connectivity index (χ2v) is 4.18. The first kappa shape index (κ1) is 13.2. The van der Waals surface area contributed by atoms with E-state index in [9.17, 15) is 9.18 Å². The van der Waals surface area contributed by atoms with Gasteiger partial charge in [0.25, 0.3) is 5.91 Å². The number of pyridine rings is 1. The monoisotopic (exact) mass is 264 g/mol. The number of rotatable bonds is 4. The van der Waals surface area contributed by atoms with Crippen LogP contribution in [0.15, 0.2) is 18.3 Å². The van der Waals surface area contributed by atoms with Gasteiger partial charge in [0.15, 0.2) is 0 Å². The van der Waals surface area contributed by atoms with E-state index in [2.05, 4.69) is 10.3 Å². The van der Waals surface area contributed by atoms with Crippen molar-refractivity contribution in [2.24, 2.45) is 0 Å². The molecule has 1 rings (SSSR count). The summed E-state index contributed by atoms with van der Waals surface area (Å²) >= 11 is 11.4. The van der Waals surface area contributed by atoms with Gasteiger partial charge in [0.2, 0.25) is 0 Å². The summed E-state index contributed by atoms with van der Waals surface area (Å²) in [6.45, 7) is 1.72. The first-order valence-corrected chi connectivity index (χ1v) is 5.63. The number of aromatic nitrogens is 1. The molecule has 1 aromatic heterocycles. The lowest BCUT2D eigenvalue weighted by Gasteiger charge is -2.25. The van der Waals surface area contributed by atoms with Gasteiger partial charge >= 0.3 is 0 Å². The molecule has 1 heterocycles. The molecule has 0 aliphatic carbocycles. The van der Waals surface area contributed by atoms with Gasteiger partial charge in [0, 0.05) is 11.8 Å². The van der Waals surface area contributed by atoms with Crippen LogP contribution < -0.4 is 5.32 Å². The number of nitrogens with one attached hydrogen (secondary N) is 1. The number of halogens is 3. The number of hydrogen-bond donors (Lipinski definition) is 1. The summed E-state index contributed by atoms with van der Waals surface area (Å²) in [4.78, 5) is 15.3. The van der Waals surface area contributed by atoms with Gasteiger partial charge in [-0.3, -0.25) is 4.79 Å². The summed E-state index contributed by atoms with van der Waals surface area (Å²) in [6.07, 6.45) is 0.980. The van der Waals surface area contributed by atoms with Crippen molar-refractivity contribution in [2.75, 3.05) is 11.8 Å². The number of hydrogen-bond acceptors (Lipinski definition) is 2. The Morgan fingerprint density at radius 2 is 2.12 bits per heavy atom. The predicted octanol–water partition coefficient (Wildman–Crippen LogP) is 2.19. The SMILES string of the molecule is CC(CCl)(CCl)NC(=O)c1ccc(F)cn1. The minimum Gasteiger partial charge on any atom is -0.343 e. The molecule has 0 bridgehead atoms. The van der Waals surface area contributed by atoms with Gasteiger partial charge in [-0.2, -0.15) is 0 Å². The van der Waals surface area contributed by atoms with Crippen molar-refractivity contribution in [3.05, 3.63) is 29.8 Å². The minimum absolute atomic E-state index is 0.128. The third-order valence-electron chi connectivity index (χ3n) is 1.97. The minimum atomic E-state index is -0.698. The zero-order valence-corrected chi connectivity index (χ0v) is 10.1. The van der Waals surface area contributed by atoms with Crippen LogP contribution in [0.2, 0.25) is 0 Å². The largest absolute Gasteiger partial charge is 0.343 e. The Labute approximate surface area is 103 Å². The quantitative estimate of drug-likeness (QED) is 0.848. The molecule has 0 saturated carbocycles. The van der Waals surface area contributed by atoms with E-state index in [4.69, 9.17) is 23.2 Å². The zero-order chi connectivity index (χ0) is 12.2. The van der Waals surface area contributed by atoms with Gasteiger partial charge in [-0.05, 0) is 19.1 Å². The lowest BCUT2D eigenvalue weighted by atomic mass is 10.1. The Morgan fingerprint density at radius 3 is 2.56 bits per heavy atom. The van der Waals surface area contributed by atoms with Crippen LogP contribution in [0, 0.1) is 5.82 Å². The van der Waals surface area contributed by atoms with E-state index in [0.29, 0.717) is 0 Å². The van der Waals surface area contributed by atoms with Crippen LogP contribution in [0.3, 0.4) is 0 Å². The number of alkyl halides is 2. The second kappa shape index (κ2) is 5.46. The lowest BCUT2D eigenvalue weighted by Crippen LogP contribution is -2.49. The van der Waals surface area contributed by atoms with E-state index in [1.165, 1.54) is 12.1 Å². The van der Waals surface area contributed by atoms with Crippen molar-refractivity contribution in [1.82, 2.24) is 10.3 Å². The van der Waals surface area contributed by atoms with E-state index in [1.54, 1.807) is 6.92 Å². The summed E-state index contributed by atoms with van der Waals surface area (Å²) in [7, 11) is 0. The standard InChI is InChI=1S/C10H11Cl2FN2O/c1-10(5-11,6-12)15-9(16)8-3-2-7(13)4-14-8/h2-4H,5-6H2,1H3,(H,15,16). The Balaban J connectivity index is 2.76. The van der Waals surface area contributed by atoms with E-state index in [0.717, 1.165) is 6.20 Å². The van der Waals surface area contributed by atoms with Gasteiger partial charge in [-0.15, -0.1) is 23.2 Å². The Kier molecular flexibility index (Phi) is 4.50. The molecule has 0 unspecified atom stereocenters. The smallest absolute Gasteiger partial charge is 0.270 e. The van der Waals surface area contributed by atoms with Gasteiger partial charge in [0.05, 0.1) is 11.7 Å². The van der Waals surface area contributed by atoms with E-state index in [-0.39, 0.29) is 17.5 Å². The fourth-order valence-corrected chi connectivity index (χ4v) is 1.37. The Morgan fingerprint density at radius 1 is 1.50 bits per heavy atom. The molecular weight excluding hydrogens is 254 g/mol. The molecule has 0 spiro atoms. The van der Waals surface area contributed by atoms with Crippen LogP contribution in [0.5, 0.6) is 0 Å². The average molecular weight is 265 g/mol. The van der Waals surface area contributed by atoms with Crippen LogP contribution in [-0.2, 0) is 0 Å².